The van der Waals surface area contributed by atoms with Gasteiger partial charge in [-0.15, -0.1) is 0 Å². The van der Waals surface area contributed by atoms with Crippen LogP contribution in [0.1, 0.15) is 35.6 Å². The van der Waals surface area contributed by atoms with Gasteiger partial charge in [0, 0.05) is 25.2 Å². The van der Waals surface area contributed by atoms with Crippen molar-refractivity contribution in [2.45, 2.75) is 38.7 Å². The van der Waals surface area contributed by atoms with Crippen LogP contribution in [0.2, 0.25) is 0 Å². The van der Waals surface area contributed by atoms with Gasteiger partial charge in [0.2, 0.25) is 0 Å². The predicted octanol–water partition coefficient (Wildman–Crippen LogP) is 3.51. The fraction of sp³-hybridized carbons (Fsp3) is 0.625. The maximum absolute atomic E-state index is 12.7. The minimum absolute atomic E-state index is 0.0121. The zero-order valence-electron chi connectivity index (χ0n) is 14.5. The second-order valence-corrected chi connectivity index (χ2v) is 6.90. The summed E-state index contributed by atoms with van der Waals surface area (Å²) >= 11 is 0. The van der Waals surface area contributed by atoms with E-state index in [0.29, 0.717) is 0 Å². The Kier molecular flexibility index (Phi) is 5.29. The first kappa shape index (κ1) is 20.5. The second kappa shape index (κ2) is 6.71. The first-order chi connectivity index (χ1) is 11.7. The van der Waals surface area contributed by atoms with Crippen LogP contribution in [-0.2, 0) is 6.18 Å². The summed E-state index contributed by atoms with van der Waals surface area (Å²) in [5, 5.41) is 0. The fourth-order valence-corrected chi connectivity index (χ4v) is 2.99. The van der Waals surface area contributed by atoms with E-state index in [1.165, 1.54) is 16.7 Å². The van der Waals surface area contributed by atoms with Crippen LogP contribution >= 0.6 is 0 Å². The van der Waals surface area contributed by atoms with Gasteiger partial charge in [-0.1, -0.05) is 0 Å². The van der Waals surface area contributed by atoms with Crippen molar-refractivity contribution in [3.63, 3.8) is 0 Å². The third-order valence-corrected chi connectivity index (χ3v) is 4.34. The molecule has 0 saturated carbocycles. The highest BCUT2D eigenvalue weighted by Crippen LogP contribution is 2.30. The van der Waals surface area contributed by atoms with Crippen molar-refractivity contribution in [2.24, 2.45) is 0 Å². The van der Waals surface area contributed by atoms with Crippen LogP contribution in [0.5, 0.6) is 0 Å². The molecule has 1 saturated heterocycles. The zero-order valence-corrected chi connectivity index (χ0v) is 14.5. The van der Waals surface area contributed by atoms with Gasteiger partial charge in [0.05, 0.1) is 17.8 Å². The van der Waals surface area contributed by atoms with Gasteiger partial charge in [0.25, 0.3) is 5.91 Å². The lowest BCUT2D eigenvalue weighted by molar-refractivity contribution is -0.163. The van der Waals surface area contributed by atoms with E-state index in [9.17, 15) is 31.1 Å². The molecule has 0 unspecified atom stereocenters. The van der Waals surface area contributed by atoms with Crippen molar-refractivity contribution in [1.29, 1.82) is 0 Å². The molecule has 2 heterocycles. The maximum Gasteiger partial charge on any atom is 0.433 e. The zero-order chi connectivity index (χ0) is 19.9. The highest BCUT2D eigenvalue weighted by atomic mass is 19.4. The minimum Gasteiger partial charge on any atom is -0.335 e. The van der Waals surface area contributed by atoms with Gasteiger partial charge in [-0.2, -0.15) is 26.3 Å². The number of hydrogen-bond acceptors (Lipinski definition) is 3. The number of hydrogen-bond donors (Lipinski definition) is 0. The molecule has 0 aliphatic carbocycles. The Morgan fingerprint density at radius 2 is 1.77 bits per heavy atom. The number of alkyl halides is 6. The number of piperazine rings is 1. The number of pyridine rings is 1. The molecule has 4 nitrogen and oxygen atoms in total. The summed E-state index contributed by atoms with van der Waals surface area (Å²) in [5.74, 6) is -0.538. The molecule has 2 rings (SSSR count). The van der Waals surface area contributed by atoms with Gasteiger partial charge in [-0.05, 0) is 32.9 Å². The van der Waals surface area contributed by atoms with Crippen LogP contribution in [0.4, 0.5) is 26.3 Å². The Labute approximate surface area is 146 Å². The summed E-state index contributed by atoms with van der Waals surface area (Å²) < 4.78 is 76.0. The van der Waals surface area contributed by atoms with Crippen molar-refractivity contribution in [2.75, 3.05) is 26.2 Å². The number of aryl methyl sites for hydroxylation is 1. The number of carbonyl (C=O) groups is 1. The van der Waals surface area contributed by atoms with E-state index in [4.69, 9.17) is 0 Å². The summed E-state index contributed by atoms with van der Waals surface area (Å²) in [6, 6.07) is 1.79. The van der Waals surface area contributed by atoms with Crippen LogP contribution < -0.4 is 0 Å². The Morgan fingerprint density at radius 1 is 1.15 bits per heavy atom. The van der Waals surface area contributed by atoms with Gasteiger partial charge >= 0.3 is 12.4 Å². The lowest BCUT2D eigenvalue weighted by Crippen LogP contribution is -2.62. The molecule has 1 aliphatic heterocycles. The van der Waals surface area contributed by atoms with E-state index in [1.54, 1.807) is 13.8 Å². The van der Waals surface area contributed by atoms with Crippen molar-refractivity contribution < 1.29 is 31.1 Å². The summed E-state index contributed by atoms with van der Waals surface area (Å²) in [6.07, 6.45) is -8.96. The Bertz CT molecular complexity index is 684. The summed E-state index contributed by atoms with van der Waals surface area (Å²) in [4.78, 5) is 18.6. The average Bonchev–Trinajstić information content (AvgIpc) is 2.46. The third kappa shape index (κ3) is 4.66. The quantitative estimate of drug-likeness (QED) is 0.734. The maximum atomic E-state index is 12.7. The van der Waals surface area contributed by atoms with Crippen molar-refractivity contribution in [3.8, 4) is 0 Å². The molecule has 146 valence electrons. The molecule has 1 aliphatic rings. The number of amides is 1. The van der Waals surface area contributed by atoms with Gasteiger partial charge in [0.15, 0.2) is 0 Å². The molecule has 0 radical (unpaired) electrons. The monoisotopic (exact) mass is 383 g/mol. The summed E-state index contributed by atoms with van der Waals surface area (Å²) in [5.41, 5.74) is -2.07. The van der Waals surface area contributed by atoms with E-state index in [0.717, 1.165) is 12.1 Å². The average molecular weight is 383 g/mol. The second-order valence-electron chi connectivity index (χ2n) is 6.90. The Hall–Kier alpha value is -1.84. The van der Waals surface area contributed by atoms with E-state index >= 15 is 0 Å². The summed E-state index contributed by atoms with van der Waals surface area (Å²) in [7, 11) is 0. The van der Waals surface area contributed by atoms with E-state index in [1.807, 2.05) is 0 Å². The third-order valence-electron chi connectivity index (χ3n) is 4.34. The van der Waals surface area contributed by atoms with Gasteiger partial charge in [0.1, 0.15) is 5.69 Å². The van der Waals surface area contributed by atoms with E-state index in [2.05, 4.69) is 4.98 Å². The largest absolute Gasteiger partial charge is 0.433 e. The molecule has 0 aromatic carbocycles. The van der Waals surface area contributed by atoms with Crippen molar-refractivity contribution in [3.05, 3.63) is 29.1 Å². The minimum atomic E-state index is -4.61. The summed E-state index contributed by atoms with van der Waals surface area (Å²) in [6.45, 7) is 3.51. The molecule has 10 heteroatoms. The molecular formula is C16H19F6N3O. The van der Waals surface area contributed by atoms with Gasteiger partial charge in [-0.25, -0.2) is 4.98 Å². The van der Waals surface area contributed by atoms with Crippen LogP contribution in [0.25, 0.3) is 0 Å². The van der Waals surface area contributed by atoms with Crippen molar-refractivity contribution >= 4 is 5.91 Å². The number of halogens is 6. The van der Waals surface area contributed by atoms with Gasteiger partial charge < -0.3 is 4.90 Å². The Morgan fingerprint density at radius 3 is 2.23 bits per heavy atom. The molecule has 26 heavy (non-hydrogen) atoms. The van der Waals surface area contributed by atoms with Crippen LogP contribution in [0.3, 0.4) is 0 Å². The normalized spacial score (nSPS) is 18.9. The molecule has 0 atom stereocenters. The molecule has 1 amide bonds. The SMILES string of the molecule is Cc1nc(C(F)(F)F)ccc1C(=O)N1CCN(CC(F)(F)F)C(C)(C)C1. The molecule has 0 spiro atoms. The molecule has 1 aromatic heterocycles. The molecule has 0 N–H and O–H groups in total. The topological polar surface area (TPSA) is 36.4 Å². The molecule has 1 fully saturated rings. The lowest BCUT2D eigenvalue weighted by atomic mass is 9.97. The predicted molar refractivity (Wildman–Crippen MR) is 81.6 cm³/mol. The van der Waals surface area contributed by atoms with E-state index < -0.39 is 36.0 Å². The Balaban J connectivity index is 2.17. The standard InChI is InChI=1S/C16H19F6N3O/c1-10-11(4-5-12(23-10)16(20,21)22)13(26)24-6-7-25(9-15(17,18)19)14(2,3)8-24/h4-5H,6-9H2,1-3H3. The lowest BCUT2D eigenvalue weighted by Gasteiger charge is -2.47. The highest BCUT2D eigenvalue weighted by Gasteiger charge is 2.42. The van der Waals surface area contributed by atoms with Gasteiger partial charge in [-0.3, -0.25) is 9.69 Å². The van der Waals surface area contributed by atoms with Crippen molar-refractivity contribution in [1.82, 2.24) is 14.8 Å². The smallest absolute Gasteiger partial charge is 0.335 e. The van der Waals surface area contributed by atoms with Crippen LogP contribution in [0.15, 0.2) is 12.1 Å². The number of rotatable bonds is 2. The highest BCUT2D eigenvalue weighted by molar-refractivity contribution is 5.95. The number of nitrogens with zero attached hydrogens (tertiary/aromatic N) is 3. The molecular weight excluding hydrogens is 364 g/mol. The van der Waals surface area contributed by atoms with Crippen LogP contribution in [-0.4, -0.2) is 58.6 Å². The number of aromatic nitrogens is 1. The van der Waals surface area contributed by atoms with Crippen LogP contribution in [0, 0.1) is 6.92 Å². The fourth-order valence-electron chi connectivity index (χ4n) is 2.99. The number of carbonyl (C=O) groups excluding carboxylic acids is 1. The first-order valence-electron chi connectivity index (χ1n) is 7.87. The van der Waals surface area contributed by atoms with E-state index in [-0.39, 0.29) is 30.9 Å². The first-order valence-corrected chi connectivity index (χ1v) is 7.87. The molecule has 1 aromatic rings. The molecule has 0 bridgehead atoms.